The summed E-state index contributed by atoms with van der Waals surface area (Å²) in [6.45, 7) is 0. The van der Waals surface area contributed by atoms with E-state index in [2.05, 4.69) is 0 Å². The van der Waals surface area contributed by atoms with Gasteiger partial charge >= 0.3 is 0 Å². The zero-order valence-electron chi connectivity index (χ0n) is 7.89. The van der Waals surface area contributed by atoms with Gasteiger partial charge in [0.1, 0.15) is 0 Å². The van der Waals surface area contributed by atoms with E-state index in [1.807, 2.05) is 6.07 Å². The van der Waals surface area contributed by atoms with Gasteiger partial charge in [-0.3, -0.25) is 0 Å². The summed E-state index contributed by atoms with van der Waals surface area (Å²) in [5.74, 6) is 0. The van der Waals surface area contributed by atoms with Gasteiger partial charge in [0, 0.05) is 16.1 Å². The van der Waals surface area contributed by atoms with Crippen molar-refractivity contribution in [2.45, 2.75) is 31.7 Å². The minimum Gasteiger partial charge on any atom is -0.324 e. The van der Waals surface area contributed by atoms with E-state index in [1.165, 1.54) is 18.4 Å². The largest absolute Gasteiger partial charge is 0.324 e. The van der Waals surface area contributed by atoms with Crippen molar-refractivity contribution < 1.29 is 0 Å². The molecule has 3 heteroatoms. The van der Waals surface area contributed by atoms with Gasteiger partial charge in [-0.25, -0.2) is 0 Å². The van der Waals surface area contributed by atoms with Gasteiger partial charge in [0.25, 0.3) is 0 Å². The van der Waals surface area contributed by atoms with Crippen LogP contribution in [0.1, 0.15) is 36.4 Å². The molecule has 0 radical (unpaired) electrons. The Morgan fingerprint density at radius 2 is 2.00 bits per heavy atom. The molecule has 1 aliphatic carbocycles. The highest BCUT2D eigenvalue weighted by Gasteiger charge is 2.17. The highest BCUT2D eigenvalue weighted by atomic mass is 35.5. The molecule has 1 atom stereocenters. The van der Waals surface area contributed by atoms with E-state index in [1.54, 1.807) is 6.07 Å². The molecule has 2 rings (SSSR count). The van der Waals surface area contributed by atoms with Crippen LogP contribution in [-0.4, -0.2) is 0 Å². The number of rotatable bonds is 0. The summed E-state index contributed by atoms with van der Waals surface area (Å²) in [5, 5.41) is 1.45. The number of fused-ring (bicyclic) bond motifs is 1. The number of benzene rings is 1. The molecule has 0 aromatic heterocycles. The Kier molecular flexibility index (Phi) is 3.01. The van der Waals surface area contributed by atoms with E-state index in [-0.39, 0.29) is 6.04 Å². The van der Waals surface area contributed by atoms with Crippen LogP contribution in [-0.2, 0) is 6.42 Å². The van der Waals surface area contributed by atoms with Crippen molar-refractivity contribution in [3.63, 3.8) is 0 Å². The first-order valence-corrected chi connectivity index (χ1v) is 5.67. The van der Waals surface area contributed by atoms with Crippen LogP contribution in [0.3, 0.4) is 0 Å². The normalized spacial score (nSPS) is 21.5. The SMILES string of the molecule is NC1CCCCc2c(Cl)cc(Cl)cc21. The topological polar surface area (TPSA) is 26.0 Å². The predicted octanol–water partition coefficient (Wildman–Crippen LogP) is 3.72. The fourth-order valence-corrected chi connectivity index (χ4v) is 2.64. The summed E-state index contributed by atoms with van der Waals surface area (Å²) >= 11 is 12.1. The maximum Gasteiger partial charge on any atom is 0.0456 e. The highest BCUT2D eigenvalue weighted by Crippen LogP contribution is 2.34. The number of halogens is 2. The summed E-state index contributed by atoms with van der Waals surface area (Å²) in [5.41, 5.74) is 8.40. The van der Waals surface area contributed by atoms with Crippen molar-refractivity contribution in [3.8, 4) is 0 Å². The smallest absolute Gasteiger partial charge is 0.0456 e. The summed E-state index contributed by atoms with van der Waals surface area (Å²) in [6, 6.07) is 3.86. The number of nitrogens with two attached hydrogens (primary N) is 1. The van der Waals surface area contributed by atoms with Crippen LogP contribution >= 0.6 is 23.2 Å². The minimum atomic E-state index is 0.101. The van der Waals surface area contributed by atoms with Crippen LogP contribution in [0.25, 0.3) is 0 Å². The molecule has 14 heavy (non-hydrogen) atoms. The van der Waals surface area contributed by atoms with Crippen LogP contribution in [0.4, 0.5) is 0 Å². The zero-order chi connectivity index (χ0) is 10.1. The number of hydrogen-bond acceptors (Lipinski definition) is 1. The third-order valence-electron chi connectivity index (χ3n) is 2.79. The van der Waals surface area contributed by atoms with Gasteiger partial charge in [-0.2, -0.15) is 0 Å². The molecular formula is C11H13Cl2N. The highest BCUT2D eigenvalue weighted by molar-refractivity contribution is 6.35. The van der Waals surface area contributed by atoms with Crippen molar-refractivity contribution in [1.82, 2.24) is 0 Å². The quantitative estimate of drug-likeness (QED) is 0.675. The fourth-order valence-electron chi connectivity index (χ4n) is 2.04. The van der Waals surface area contributed by atoms with Gasteiger partial charge in [-0.1, -0.05) is 29.6 Å². The summed E-state index contributed by atoms with van der Waals surface area (Å²) < 4.78 is 0. The van der Waals surface area contributed by atoms with Crippen LogP contribution < -0.4 is 5.73 Å². The molecule has 0 aliphatic heterocycles. The predicted molar refractivity (Wildman–Crippen MR) is 60.9 cm³/mol. The average Bonchev–Trinajstić information content (AvgIpc) is 2.29. The number of hydrogen-bond donors (Lipinski definition) is 1. The van der Waals surface area contributed by atoms with Gasteiger partial charge < -0.3 is 5.73 Å². The van der Waals surface area contributed by atoms with Crippen molar-refractivity contribution in [2.75, 3.05) is 0 Å². The summed E-state index contributed by atoms with van der Waals surface area (Å²) in [7, 11) is 0. The fraction of sp³-hybridized carbons (Fsp3) is 0.455. The monoisotopic (exact) mass is 229 g/mol. The molecule has 0 heterocycles. The molecule has 0 saturated carbocycles. The van der Waals surface area contributed by atoms with E-state index in [0.717, 1.165) is 23.4 Å². The second-order valence-electron chi connectivity index (χ2n) is 3.81. The van der Waals surface area contributed by atoms with Crippen molar-refractivity contribution in [3.05, 3.63) is 33.3 Å². The molecule has 0 spiro atoms. The van der Waals surface area contributed by atoms with Crippen molar-refractivity contribution >= 4 is 23.2 Å². The van der Waals surface area contributed by atoms with Gasteiger partial charge in [0.2, 0.25) is 0 Å². The lowest BCUT2D eigenvalue weighted by molar-refractivity contribution is 0.615. The molecule has 1 nitrogen and oxygen atoms in total. The van der Waals surface area contributed by atoms with Gasteiger partial charge in [-0.15, -0.1) is 0 Å². The van der Waals surface area contributed by atoms with E-state index in [0.29, 0.717) is 5.02 Å². The first-order chi connectivity index (χ1) is 6.68. The first-order valence-electron chi connectivity index (χ1n) is 4.92. The first kappa shape index (κ1) is 10.3. The Morgan fingerprint density at radius 3 is 2.79 bits per heavy atom. The standard InChI is InChI=1S/C11H13Cl2N/c12-7-5-9-8(10(13)6-7)3-1-2-4-11(9)14/h5-6,11H,1-4,14H2. The molecular weight excluding hydrogens is 217 g/mol. The van der Waals surface area contributed by atoms with Crippen LogP contribution in [0.5, 0.6) is 0 Å². The summed E-state index contributed by atoms with van der Waals surface area (Å²) in [6.07, 6.45) is 4.40. The molecule has 0 bridgehead atoms. The third-order valence-corrected chi connectivity index (χ3v) is 3.34. The Morgan fingerprint density at radius 1 is 1.21 bits per heavy atom. The van der Waals surface area contributed by atoms with Gasteiger partial charge in [0.05, 0.1) is 0 Å². The van der Waals surface area contributed by atoms with Crippen LogP contribution in [0.15, 0.2) is 12.1 Å². The molecule has 1 aliphatic rings. The lowest BCUT2D eigenvalue weighted by Gasteiger charge is -2.14. The molecule has 1 unspecified atom stereocenters. The molecule has 1 aromatic rings. The van der Waals surface area contributed by atoms with Gasteiger partial charge in [0.15, 0.2) is 0 Å². The Labute approximate surface area is 94.2 Å². The van der Waals surface area contributed by atoms with Gasteiger partial charge in [-0.05, 0) is 42.5 Å². The van der Waals surface area contributed by atoms with Crippen molar-refractivity contribution in [2.24, 2.45) is 5.73 Å². The average molecular weight is 230 g/mol. The second-order valence-corrected chi connectivity index (χ2v) is 4.65. The Bertz CT molecular complexity index is 349. The van der Waals surface area contributed by atoms with Crippen molar-refractivity contribution in [1.29, 1.82) is 0 Å². The molecule has 76 valence electrons. The van der Waals surface area contributed by atoms with Crippen LogP contribution in [0, 0.1) is 0 Å². The molecule has 1 aromatic carbocycles. The maximum absolute atomic E-state index is 6.15. The van der Waals surface area contributed by atoms with E-state index in [9.17, 15) is 0 Å². The molecule has 0 fully saturated rings. The van der Waals surface area contributed by atoms with Crippen LogP contribution in [0.2, 0.25) is 10.0 Å². The zero-order valence-corrected chi connectivity index (χ0v) is 9.41. The third kappa shape index (κ3) is 1.90. The van der Waals surface area contributed by atoms with E-state index < -0.39 is 0 Å². The summed E-state index contributed by atoms with van der Waals surface area (Å²) in [4.78, 5) is 0. The van der Waals surface area contributed by atoms with E-state index >= 15 is 0 Å². The van der Waals surface area contributed by atoms with E-state index in [4.69, 9.17) is 28.9 Å². The second kappa shape index (κ2) is 4.09. The Balaban J connectivity index is 2.53. The lowest BCUT2D eigenvalue weighted by Crippen LogP contribution is -2.10. The molecule has 0 saturated heterocycles. The molecule has 2 N–H and O–H groups in total. The Hall–Kier alpha value is -0.240. The lowest BCUT2D eigenvalue weighted by atomic mass is 10.00. The molecule has 0 amide bonds. The maximum atomic E-state index is 6.15. The minimum absolute atomic E-state index is 0.101.